The topological polar surface area (TPSA) is 76.1 Å². The van der Waals surface area contributed by atoms with Crippen molar-refractivity contribution < 1.29 is 9.53 Å². The zero-order valence-corrected chi connectivity index (χ0v) is 11.2. The number of rotatable bonds is 5. The van der Waals surface area contributed by atoms with Crippen LogP contribution >= 0.6 is 11.5 Å². The molecule has 0 spiro atoms. The third-order valence-corrected chi connectivity index (χ3v) is 3.09. The number of carbonyl (C=O) groups excluding carboxylic acids is 1. The minimum atomic E-state index is -0.246. The highest BCUT2D eigenvalue weighted by molar-refractivity contribution is 7.09. The number of urea groups is 1. The van der Waals surface area contributed by atoms with Gasteiger partial charge in [-0.05, 0) is 29.2 Å². The number of aromatic nitrogens is 2. The van der Waals surface area contributed by atoms with Gasteiger partial charge < -0.3 is 15.4 Å². The number of anilines is 1. The van der Waals surface area contributed by atoms with Gasteiger partial charge in [-0.1, -0.05) is 16.6 Å². The molecule has 0 fully saturated rings. The van der Waals surface area contributed by atoms with E-state index in [-0.39, 0.29) is 6.03 Å². The lowest BCUT2D eigenvalue weighted by molar-refractivity contribution is 0.198. The van der Waals surface area contributed by atoms with E-state index in [1.54, 1.807) is 13.3 Å². The van der Waals surface area contributed by atoms with Crippen LogP contribution < -0.4 is 10.6 Å². The zero-order valence-electron chi connectivity index (χ0n) is 10.4. The van der Waals surface area contributed by atoms with Crippen LogP contribution in [0.25, 0.3) is 10.4 Å². The van der Waals surface area contributed by atoms with Crippen molar-refractivity contribution in [2.24, 2.45) is 0 Å². The maximum absolute atomic E-state index is 11.5. The summed E-state index contributed by atoms with van der Waals surface area (Å²) in [6, 6.07) is 7.26. The van der Waals surface area contributed by atoms with E-state index in [1.807, 2.05) is 24.3 Å². The van der Waals surface area contributed by atoms with Gasteiger partial charge in [-0.3, -0.25) is 0 Å². The van der Waals surface area contributed by atoms with Crippen LogP contribution in [-0.2, 0) is 4.74 Å². The number of ether oxygens (including phenoxy) is 1. The number of carbonyl (C=O) groups is 1. The van der Waals surface area contributed by atoms with Crippen molar-refractivity contribution in [1.82, 2.24) is 14.9 Å². The third-order valence-electron chi connectivity index (χ3n) is 2.38. The number of benzene rings is 1. The summed E-state index contributed by atoms with van der Waals surface area (Å²) in [7, 11) is 1.59. The third kappa shape index (κ3) is 4.01. The van der Waals surface area contributed by atoms with E-state index < -0.39 is 0 Å². The summed E-state index contributed by atoms with van der Waals surface area (Å²) in [4.78, 5) is 12.5. The van der Waals surface area contributed by atoms with Gasteiger partial charge in [0.05, 0.1) is 17.7 Å². The quantitative estimate of drug-likeness (QED) is 0.820. The van der Waals surface area contributed by atoms with Crippen LogP contribution in [0.5, 0.6) is 0 Å². The largest absolute Gasteiger partial charge is 0.383 e. The Hall–Kier alpha value is -1.99. The van der Waals surface area contributed by atoms with Crippen LogP contribution in [0.1, 0.15) is 0 Å². The van der Waals surface area contributed by atoms with E-state index in [4.69, 9.17) is 4.74 Å². The molecule has 6 nitrogen and oxygen atoms in total. The lowest BCUT2D eigenvalue weighted by Gasteiger charge is -2.07. The summed E-state index contributed by atoms with van der Waals surface area (Å²) in [5.74, 6) is 0. The molecule has 0 atom stereocenters. The first-order valence-corrected chi connectivity index (χ1v) is 6.48. The Labute approximate surface area is 115 Å². The van der Waals surface area contributed by atoms with Crippen LogP contribution in [0.15, 0.2) is 30.5 Å². The van der Waals surface area contributed by atoms with E-state index in [0.717, 1.165) is 16.1 Å². The smallest absolute Gasteiger partial charge is 0.319 e. The molecule has 1 heterocycles. The fourth-order valence-electron chi connectivity index (χ4n) is 1.45. The van der Waals surface area contributed by atoms with E-state index in [2.05, 4.69) is 20.2 Å². The van der Waals surface area contributed by atoms with Gasteiger partial charge in [-0.2, -0.15) is 0 Å². The Bertz CT molecular complexity index is 513. The maximum atomic E-state index is 11.5. The van der Waals surface area contributed by atoms with Crippen LogP contribution in [0.4, 0.5) is 10.5 Å². The Balaban J connectivity index is 1.90. The van der Waals surface area contributed by atoms with Gasteiger partial charge in [0.25, 0.3) is 0 Å². The second-order valence-corrected chi connectivity index (χ2v) is 4.52. The average molecular weight is 278 g/mol. The number of hydrogen-bond donors (Lipinski definition) is 2. The van der Waals surface area contributed by atoms with E-state index in [1.165, 1.54) is 11.5 Å². The highest BCUT2D eigenvalue weighted by Gasteiger charge is 2.03. The number of nitrogens with one attached hydrogen (secondary N) is 2. The number of amides is 2. The molecule has 0 aliphatic carbocycles. The van der Waals surface area contributed by atoms with Crippen LogP contribution in [0.2, 0.25) is 0 Å². The average Bonchev–Trinajstić information content (AvgIpc) is 2.94. The monoisotopic (exact) mass is 278 g/mol. The first kappa shape index (κ1) is 13.4. The number of nitrogens with zero attached hydrogens (tertiary/aromatic N) is 2. The normalized spacial score (nSPS) is 10.2. The molecule has 1 aromatic heterocycles. The molecular formula is C12H14N4O2S. The van der Waals surface area contributed by atoms with Crippen molar-refractivity contribution in [3.05, 3.63) is 30.5 Å². The van der Waals surface area contributed by atoms with Crippen LogP contribution in [0.3, 0.4) is 0 Å². The molecule has 0 bridgehead atoms. The highest BCUT2D eigenvalue weighted by Crippen LogP contribution is 2.23. The van der Waals surface area contributed by atoms with Gasteiger partial charge in [-0.15, -0.1) is 5.10 Å². The minimum absolute atomic E-state index is 0.246. The number of hydrogen-bond acceptors (Lipinski definition) is 5. The molecule has 0 aliphatic rings. The van der Waals surface area contributed by atoms with Crippen molar-refractivity contribution >= 4 is 23.3 Å². The Morgan fingerprint density at radius 3 is 2.79 bits per heavy atom. The zero-order chi connectivity index (χ0) is 13.5. The van der Waals surface area contributed by atoms with Gasteiger partial charge in [0.1, 0.15) is 0 Å². The summed E-state index contributed by atoms with van der Waals surface area (Å²) < 4.78 is 8.66. The molecule has 7 heteroatoms. The molecule has 0 aliphatic heterocycles. The van der Waals surface area contributed by atoms with Crippen molar-refractivity contribution in [3.8, 4) is 10.4 Å². The number of methoxy groups -OCH3 is 1. The fourth-order valence-corrected chi connectivity index (χ4v) is 1.97. The predicted molar refractivity (Wildman–Crippen MR) is 74.2 cm³/mol. The molecule has 100 valence electrons. The van der Waals surface area contributed by atoms with Gasteiger partial charge >= 0.3 is 6.03 Å². The summed E-state index contributed by atoms with van der Waals surface area (Å²) in [5, 5.41) is 9.21. The van der Waals surface area contributed by atoms with E-state index >= 15 is 0 Å². The van der Waals surface area contributed by atoms with Crippen molar-refractivity contribution in [1.29, 1.82) is 0 Å². The van der Waals surface area contributed by atoms with Crippen LogP contribution in [0, 0.1) is 0 Å². The van der Waals surface area contributed by atoms with Crippen molar-refractivity contribution in [3.63, 3.8) is 0 Å². The molecule has 0 saturated carbocycles. The minimum Gasteiger partial charge on any atom is -0.383 e. The SMILES string of the molecule is COCCNC(=O)Nc1ccc(-c2cnns2)cc1. The summed E-state index contributed by atoms with van der Waals surface area (Å²) in [6.45, 7) is 0.970. The van der Waals surface area contributed by atoms with Gasteiger partial charge in [0.15, 0.2) is 0 Å². The molecule has 2 aromatic rings. The molecule has 2 N–H and O–H groups in total. The Morgan fingerprint density at radius 1 is 1.37 bits per heavy atom. The second kappa shape index (κ2) is 6.81. The first-order valence-electron chi connectivity index (χ1n) is 5.71. The first-order chi connectivity index (χ1) is 9.29. The summed E-state index contributed by atoms with van der Waals surface area (Å²) in [6.07, 6.45) is 1.71. The lowest BCUT2D eigenvalue weighted by Crippen LogP contribution is -2.31. The molecule has 2 rings (SSSR count). The van der Waals surface area contributed by atoms with E-state index in [9.17, 15) is 4.79 Å². The summed E-state index contributed by atoms with van der Waals surface area (Å²) >= 11 is 1.33. The molecular weight excluding hydrogens is 264 g/mol. The second-order valence-electron chi connectivity index (χ2n) is 3.73. The van der Waals surface area contributed by atoms with Crippen molar-refractivity contribution in [2.45, 2.75) is 0 Å². The van der Waals surface area contributed by atoms with Crippen molar-refractivity contribution in [2.75, 3.05) is 25.6 Å². The Kier molecular flexibility index (Phi) is 4.82. The van der Waals surface area contributed by atoms with Gasteiger partial charge in [0.2, 0.25) is 0 Å². The maximum Gasteiger partial charge on any atom is 0.319 e. The van der Waals surface area contributed by atoms with Gasteiger partial charge in [0, 0.05) is 19.3 Å². The Morgan fingerprint density at radius 2 is 2.16 bits per heavy atom. The summed E-state index contributed by atoms with van der Waals surface area (Å²) in [5.41, 5.74) is 1.76. The molecule has 0 unspecified atom stereocenters. The predicted octanol–water partition coefficient (Wildman–Crippen LogP) is 1.97. The molecule has 0 radical (unpaired) electrons. The highest BCUT2D eigenvalue weighted by atomic mass is 32.1. The molecule has 2 amide bonds. The van der Waals surface area contributed by atoms with Gasteiger partial charge in [-0.25, -0.2) is 4.79 Å². The lowest BCUT2D eigenvalue weighted by atomic mass is 10.2. The van der Waals surface area contributed by atoms with E-state index in [0.29, 0.717) is 13.2 Å². The fraction of sp³-hybridized carbons (Fsp3) is 0.250. The van der Waals surface area contributed by atoms with Crippen LogP contribution in [-0.4, -0.2) is 35.9 Å². The molecule has 19 heavy (non-hydrogen) atoms. The molecule has 0 saturated heterocycles. The molecule has 1 aromatic carbocycles. The standard InChI is InChI=1S/C12H14N4O2S/c1-18-7-6-13-12(17)15-10-4-2-9(3-5-10)11-8-14-16-19-11/h2-5,8H,6-7H2,1H3,(H2,13,15,17).